The summed E-state index contributed by atoms with van der Waals surface area (Å²) in [5, 5.41) is 5.93. The molecule has 3 atom stereocenters. The van der Waals surface area contributed by atoms with Crippen LogP contribution in [0.2, 0.25) is 5.02 Å². The molecule has 0 bridgehead atoms. The van der Waals surface area contributed by atoms with Gasteiger partial charge in [-0.2, -0.15) is 0 Å². The maximum Gasteiger partial charge on any atom is 0.251 e. The standard InChI is InChI=1S/C21H25Cl2N3O2S/c1-13-9-16(23)6-7-17(13)26(19(27)10-22)20(18-5-4-8-29-18)21(28)25-11-14(2)24-15(3)12-25/h4-9,14-15,20,24H,10-12H2,1-3H3. The number of benzene rings is 1. The Balaban J connectivity index is 2.08. The number of halogens is 2. The second-order valence-electron chi connectivity index (χ2n) is 7.46. The normalized spacial score (nSPS) is 20.4. The van der Waals surface area contributed by atoms with Crippen LogP contribution in [0.25, 0.3) is 0 Å². The predicted molar refractivity (Wildman–Crippen MR) is 120 cm³/mol. The summed E-state index contributed by atoms with van der Waals surface area (Å²) in [4.78, 5) is 30.9. The van der Waals surface area contributed by atoms with Crippen LogP contribution in [0, 0.1) is 6.92 Å². The third kappa shape index (κ3) is 4.94. The molecule has 1 aliphatic heterocycles. The lowest BCUT2D eigenvalue weighted by Gasteiger charge is -2.40. The summed E-state index contributed by atoms with van der Waals surface area (Å²) in [5.41, 5.74) is 1.45. The van der Waals surface area contributed by atoms with Crippen LogP contribution in [-0.2, 0) is 9.59 Å². The molecule has 8 heteroatoms. The molecule has 2 aromatic rings. The van der Waals surface area contributed by atoms with E-state index in [1.807, 2.05) is 29.3 Å². The zero-order valence-corrected chi connectivity index (χ0v) is 19.0. The number of nitrogens with zero attached hydrogens (tertiary/aromatic N) is 2. The van der Waals surface area contributed by atoms with Crippen molar-refractivity contribution in [3.05, 3.63) is 51.2 Å². The van der Waals surface area contributed by atoms with E-state index in [9.17, 15) is 9.59 Å². The number of amides is 2. The SMILES string of the molecule is Cc1cc(Cl)ccc1N(C(=O)CCl)C(C(=O)N1CC(C)NC(C)C1)c1cccs1. The summed E-state index contributed by atoms with van der Waals surface area (Å²) < 4.78 is 0. The Labute approximate surface area is 185 Å². The Morgan fingerprint density at radius 1 is 1.28 bits per heavy atom. The van der Waals surface area contributed by atoms with Gasteiger partial charge >= 0.3 is 0 Å². The van der Waals surface area contributed by atoms with Crippen LogP contribution in [0.1, 0.15) is 30.3 Å². The first-order chi connectivity index (χ1) is 13.8. The molecular formula is C21H25Cl2N3O2S. The van der Waals surface area contributed by atoms with Gasteiger partial charge in [0, 0.05) is 40.8 Å². The lowest BCUT2D eigenvalue weighted by molar-refractivity contribution is -0.136. The molecule has 2 amide bonds. The van der Waals surface area contributed by atoms with Crippen molar-refractivity contribution in [3.8, 4) is 0 Å². The quantitative estimate of drug-likeness (QED) is 0.688. The van der Waals surface area contributed by atoms with Gasteiger partial charge in [0.05, 0.1) is 0 Å². The van der Waals surface area contributed by atoms with Gasteiger partial charge in [0.15, 0.2) is 0 Å². The maximum absolute atomic E-state index is 13.7. The summed E-state index contributed by atoms with van der Waals surface area (Å²) in [7, 11) is 0. The first kappa shape index (κ1) is 22.1. The Hall–Kier alpha value is -1.60. The molecule has 1 aromatic heterocycles. The average molecular weight is 454 g/mol. The minimum atomic E-state index is -0.765. The number of hydrogen-bond acceptors (Lipinski definition) is 4. The van der Waals surface area contributed by atoms with Gasteiger partial charge in [-0.25, -0.2) is 0 Å². The van der Waals surface area contributed by atoms with Gasteiger partial charge in [-0.15, -0.1) is 22.9 Å². The largest absolute Gasteiger partial charge is 0.337 e. The van der Waals surface area contributed by atoms with E-state index in [4.69, 9.17) is 23.2 Å². The second-order valence-corrected chi connectivity index (χ2v) is 9.14. The van der Waals surface area contributed by atoms with Gasteiger partial charge in [0.2, 0.25) is 5.91 Å². The summed E-state index contributed by atoms with van der Waals surface area (Å²) >= 11 is 13.6. The average Bonchev–Trinajstić information content (AvgIpc) is 3.19. The number of thiophene rings is 1. The molecule has 0 saturated carbocycles. The van der Waals surface area contributed by atoms with E-state index in [0.717, 1.165) is 10.4 Å². The zero-order valence-electron chi connectivity index (χ0n) is 16.7. The number of carbonyl (C=O) groups excluding carboxylic acids is 2. The van der Waals surface area contributed by atoms with Crippen LogP contribution in [0.15, 0.2) is 35.7 Å². The first-order valence-electron chi connectivity index (χ1n) is 9.54. The first-order valence-corrected chi connectivity index (χ1v) is 11.3. The van der Waals surface area contributed by atoms with Gasteiger partial charge in [-0.1, -0.05) is 17.7 Å². The fraction of sp³-hybridized carbons (Fsp3) is 0.429. The van der Waals surface area contributed by atoms with E-state index >= 15 is 0 Å². The molecule has 1 aromatic carbocycles. The monoisotopic (exact) mass is 453 g/mol. The number of piperazine rings is 1. The van der Waals surface area contributed by atoms with Crippen molar-refractivity contribution in [3.63, 3.8) is 0 Å². The van der Waals surface area contributed by atoms with Gasteiger partial charge in [-0.05, 0) is 56.0 Å². The lowest BCUT2D eigenvalue weighted by Crippen LogP contribution is -2.58. The van der Waals surface area contributed by atoms with E-state index in [-0.39, 0.29) is 29.8 Å². The number of anilines is 1. The van der Waals surface area contributed by atoms with Crippen molar-refractivity contribution in [1.82, 2.24) is 10.2 Å². The number of hydrogen-bond donors (Lipinski definition) is 1. The highest BCUT2D eigenvalue weighted by molar-refractivity contribution is 7.10. The topological polar surface area (TPSA) is 52.7 Å². The molecule has 5 nitrogen and oxygen atoms in total. The molecule has 0 aliphatic carbocycles. The van der Waals surface area contributed by atoms with E-state index in [0.29, 0.717) is 23.8 Å². The predicted octanol–water partition coefficient (Wildman–Crippen LogP) is 4.23. The van der Waals surface area contributed by atoms with Gasteiger partial charge in [0.25, 0.3) is 5.91 Å². The minimum Gasteiger partial charge on any atom is -0.337 e. The molecule has 156 valence electrons. The van der Waals surface area contributed by atoms with Gasteiger partial charge in [0.1, 0.15) is 11.9 Å². The van der Waals surface area contributed by atoms with Crippen LogP contribution in [0.5, 0.6) is 0 Å². The number of carbonyl (C=O) groups is 2. The Kier molecular flexibility index (Phi) is 7.22. The number of alkyl halides is 1. The number of aryl methyl sites for hydroxylation is 1. The molecule has 0 radical (unpaired) electrons. The Morgan fingerprint density at radius 3 is 2.52 bits per heavy atom. The summed E-state index contributed by atoms with van der Waals surface area (Å²) in [6.45, 7) is 7.17. The highest BCUT2D eigenvalue weighted by atomic mass is 35.5. The molecule has 1 N–H and O–H groups in total. The Bertz CT molecular complexity index is 865. The van der Waals surface area contributed by atoms with Crippen LogP contribution < -0.4 is 10.2 Å². The minimum absolute atomic E-state index is 0.0968. The number of rotatable bonds is 5. The molecule has 29 heavy (non-hydrogen) atoms. The van der Waals surface area contributed by atoms with Crippen LogP contribution >= 0.6 is 34.5 Å². The van der Waals surface area contributed by atoms with Crippen LogP contribution in [0.3, 0.4) is 0 Å². The molecule has 0 spiro atoms. The van der Waals surface area contributed by atoms with Crippen LogP contribution in [-0.4, -0.2) is 47.8 Å². The molecule has 3 unspecified atom stereocenters. The van der Waals surface area contributed by atoms with Crippen molar-refractivity contribution < 1.29 is 9.59 Å². The van der Waals surface area contributed by atoms with E-state index < -0.39 is 6.04 Å². The third-order valence-electron chi connectivity index (χ3n) is 4.98. The summed E-state index contributed by atoms with van der Waals surface area (Å²) in [6, 6.07) is 8.67. The maximum atomic E-state index is 13.7. The van der Waals surface area contributed by atoms with Gasteiger partial charge in [-0.3, -0.25) is 14.5 Å². The molecule has 1 saturated heterocycles. The number of nitrogens with one attached hydrogen (secondary N) is 1. The van der Waals surface area contributed by atoms with Gasteiger partial charge < -0.3 is 10.2 Å². The summed E-state index contributed by atoms with van der Waals surface area (Å²) in [5.74, 6) is -0.633. The smallest absolute Gasteiger partial charge is 0.251 e. The molecule has 1 fully saturated rings. The Morgan fingerprint density at radius 2 is 1.97 bits per heavy atom. The van der Waals surface area contributed by atoms with Crippen molar-refractivity contribution in [2.45, 2.75) is 38.9 Å². The van der Waals surface area contributed by atoms with E-state index in [1.54, 1.807) is 18.2 Å². The fourth-order valence-electron chi connectivity index (χ4n) is 3.86. The molecular weight excluding hydrogens is 429 g/mol. The molecule has 3 rings (SSSR count). The van der Waals surface area contributed by atoms with Crippen molar-refractivity contribution in [2.24, 2.45) is 0 Å². The third-order valence-corrected chi connectivity index (χ3v) is 6.36. The van der Waals surface area contributed by atoms with Crippen molar-refractivity contribution in [2.75, 3.05) is 23.9 Å². The summed E-state index contributed by atoms with van der Waals surface area (Å²) in [6.07, 6.45) is 0. The zero-order chi connectivity index (χ0) is 21.1. The highest BCUT2D eigenvalue weighted by Gasteiger charge is 2.38. The lowest BCUT2D eigenvalue weighted by atomic mass is 10.1. The molecule has 1 aliphatic rings. The van der Waals surface area contributed by atoms with E-state index in [1.165, 1.54) is 16.2 Å². The van der Waals surface area contributed by atoms with Crippen molar-refractivity contribution >= 4 is 52.0 Å². The highest BCUT2D eigenvalue weighted by Crippen LogP contribution is 2.35. The van der Waals surface area contributed by atoms with Crippen molar-refractivity contribution in [1.29, 1.82) is 0 Å². The second kappa shape index (κ2) is 9.47. The fourth-order valence-corrected chi connectivity index (χ4v) is 5.02. The van der Waals surface area contributed by atoms with E-state index in [2.05, 4.69) is 19.2 Å². The van der Waals surface area contributed by atoms with Crippen LogP contribution in [0.4, 0.5) is 5.69 Å². The molecule has 2 heterocycles.